The molecule has 1 aromatic heterocycles. The van der Waals surface area contributed by atoms with E-state index < -0.39 is 0 Å². The predicted octanol–water partition coefficient (Wildman–Crippen LogP) is 5.29. The van der Waals surface area contributed by atoms with Crippen LogP contribution >= 0.6 is 46.6 Å². The second-order valence-corrected chi connectivity index (χ2v) is 9.21. The number of carbonyl (C=O) groups excluding carboxylic acids is 1. The van der Waals surface area contributed by atoms with Crippen molar-refractivity contribution in [3.05, 3.63) is 27.2 Å². The Kier molecular flexibility index (Phi) is 6.25. The average molecular weight is 461 g/mol. The van der Waals surface area contributed by atoms with Crippen molar-refractivity contribution in [2.45, 2.75) is 43.3 Å². The second kappa shape index (κ2) is 8.69. The molecule has 1 amide bonds. The maximum absolute atomic E-state index is 12.4. The lowest BCUT2D eigenvalue weighted by molar-refractivity contribution is -0.113. The molecule has 2 aliphatic rings. The van der Waals surface area contributed by atoms with E-state index >= 15 is 0 Å². The third-order valence-corrected chi connectivity index (χ3v) is 6.56. The molecule has 2 heterocycles. The standard InChI is InChI=1S/C18H20Cl3N5OS/c19-11-8-13(20)16(14(21)9-11)22-15(27)10-28-18-24-23-17(26(18)12-4-5-12)25-6-2-1-3-7-25/h8-9,12H,1-7,10H2,(H,22,27). The van der Waals surface area contributed by atoms with E-state index in [4.69, 9.17) is 34.8 Å². The topological polar surface area (TPSA) is 63.1 Å². The number of anilines is 2. The van der Waals surface area contributed by atoms with Crippen LogP contribution < -0.4 is 10.2 Å². The van der Waals surface area contributed by atoms with Gasteiger partial charge in [-0.3, -0.25) is 9.36 Å². The summed E-state index contributed by atoms with van der Waals surface area (Å²) in [6.07, 6.45) is 5.91. The van der Waals surface area contributed by atoms with Gasteiger partial charge in [0.2, 0.25) is 11.9 Å². The van der Waals surface area contributed by atoms with Crippen LogP contribution in [0.5, 0.6) is 0 Å². The number of hydrogen-bond donors (Lipinski definition) is 1. The molecule has 1 N–H and O–H groups in total. The lowest BCUT2D eigenvalue weighted by atomic mass is 10.1. The molecule has 1 aliphatic carbocycles. The van der Waals surface area contributed by atoms with Crippen LogP contribution in [0.4, 0.5) is 11.6 Å². The maximum Gasteiger partial charge on any atom is 0.234 e. The van der Waals surface area contributed by atoms with Crippen LogP contribution in [0, 0.1) is 0 Å². The van der Waals surface area contributed by atoms with E-state index in [9.17, 15) is 4.79 Å². The summed E-state index contributed by atoms with van der Waals surface area (Å²) in [6, 6.07) is 3.54. The van der Waals surface area contributed by atoms with Crippen LogP contribution in [-0.4, -0.2) is 39.5 Å². The number of nitrogens with one attached hydrogen (secondary N) is 1. The van der Waals surface area contributed by atoms with Crippen molar-refractivity contribution in [3.8, 4) is 0 Å². The minimum atomic E-state index is -0.207. The summed E-state index contributed by atoms with van der Waals surface area (Å²) < 4.78 is 2.20. The van der Waals surface area contributed by atoms with E-state index in [0.29, 0.717) is 26.8 Å². The van der Waals surface area contributed by atoms with Gasteiger partial charge in [-0.15, -0.1) is 10.2 Å². The summed E-state index contributed by atoms with van der Waals surface area (Å²) in [4.78, 5) is 14.7. The molecule has 4 rings (SSSR count). The predicted molar refractivity (Wildman–Crippen MR) is 115 cm³/mol. The summed E-state index contributed by atoms with van der Waals surface area (Å²) in [6.45, 7) is 2.03. The molecule has 2 fully saturated rings. The van der Waals surface area contributed by atoms with Gasteiger partial charge < -0.3 is 10.2 Å². The molecule has 0 spiro atoms. The Labute approximate surface area is 182 Å². The van der Waals surface area contributed by atoms with Gasteiger partial charge in [0.1, 0.15) is 0 Å². The first-order valence-corrected chi connectivity index (χ1v) is 11.4. The van der Waals surface area contributed by atoms with Gasteiger partial charge in [0, 0.05) is 24.2 Å². The Balaban J connectivity index is 1.43. The van der Waals surface area contributed by atoms with Gasteiger partial charge >= 0.3 is 0 Å². The summed E-state index contributed by atoms with van der Waals surface area (Å²) in [5.74, 6) is 0.926. The van der Waals surface area contributed by atoms with Crippen molar-refractivity contribution in [2.75, 3.05) is 29.1 Å². The molecule has 28 heavy (non-hydrogen) atoms. The van der Waals surface area contributed by atoms with Gasteiger partial charge in [0.15, 0.2) is 5.16 Å². The number of aromatic nitrogens is 3. The smallest absolute Gasteiger partial charge is 0.234 e. The first kappa shape index (κ1) is 20.1. The molecule has 2 aromatic rings. The summed E-state index contributed by atoms with van der Waals surface area (Å²) in [7, 11) is 0. The number of thioether (sulfide) groups is 1. The molecule has 150 valence electrons. The van der Waals surface area contributed by atoms with Crippen LogP contribution in [0.3, 0.4) is 0 Å². The van der Waals surface area contributed by atoms with Gasteiger partial charge in [0.05, 0.1) is 21.5 Å². The average Bonchev–Trinajstić information content (AvgIpc) is 3.42. The molecule has 10 heteroatoms. The number of rotatable bonds is 6. The molecule has 1 saturated carbocycles. The van der Waals surface area contributed by atoms with E-state index in [1.807, 2.05) is 0 Å². The maximum atomic E-state index is 12.4. The molecule has 1 aliphatic heterocycles. The summed E-state index contributed by atoms with van der Waals surface area (Å²) >= 11 is 19.6. The highest BCUT2D eigenvalue weighted by Gasteiger charge is 2.32. The fraction of sp³-hybridized carbons (Fsp3) is 0.500. The first-order chi connectivity index (χ1) is 13.5. The van der Waals surface area contributed by atoms with E-state index in [1.165, 1.54) is 31.0 Å². The highest BCUT2D eigenvalue weighted by atomic mass is 35.5. The van der Waals surface area contributed by atoms with Crippen LogP contribution in [0.15, 0.2) is 17.3 Å². The minimum absolute atomic E-state index is 0.195. The highest BCUT2D eigenvalue weighted by Crippen LogP contribution is 2.41. The Morgan fingerprint density at radius 1 is 1.11 bits per heavy atom. The van der Waals surface area contributed by atoms with Crippen molar-refractivity contribution in [1.82, 2.24) is 14.8 Å². The SMILES string of the molecule is O=C(CSc1nnc(N2CCCCC2)n1C1CC1)Nc1c(Cl)cc(Cl)cc1Cl. The molecule has 6 nitrogen and oxygen atoms in total. The largest absolute Gasteiger partial charge is 0.341 e. The fourth-order valence-corrected chi connectivity index (χ4v) is 5.01. The number of amides is 1. The Morgan fingerprint density at radius 2 is 1.79 bits per heavy atom. The third kappa shape index (κ3) is 4.53. The molecule has 0 radical (unpaired) electrons. The zero-order chi connectivity index (χ0) is 19.7. The van der Waals surface area contributed by atoms with Crippen molar-refractivity contribution in [3.63, 3.8) is 0 Å². The number of hydrogen-bond acceptors (Lipinski definition) is 5. The summed E-state index contributed by atoms with van der Waals surface area (Å²) in [5.41, 5.74) is 0.371. The quantitative estimate of drug-likeness (QED) is 0.593. The summed E-state index contributed by atoms with van der Waals surface area (Å²) in [5, 5.41) is 13.4. The zero-order valence-corrected chi connectivity index (χ0v) is 18.2. The van der Waals surface area contributed by atoms with E-state index in [-0.39, 0.29) is 11.7 Å². The van der Waals surface area contributed by atoms with Crippen LogP contribution in [0.1, 0.15) is 38.1 Å². The van der Waals surface area contributed by atoms with Gasteiger partial charge in [-0.1, -0.05) is 46.6 Å². The fourth-order valence-electron chi connectivity index (χ4n) is 3.30. The molecular weight excluding hydrogens is 441 g/mol. The van der Waals surface area contributed by atoms with Gasteiger partial charge in [-0.25, -0.2) is 0 Å². The highest BCUT2D eigenvalue weighted by molar-refractivity contribution is 7.99. The van der Waals surface area contributed by atoms with Gasteiger partial charge in [-0.05, 0) is 44.2 Å². The van der Waals surface area contributed by atoms with Crippen molar-refractivity contribution in [1.29, 1.82) is 0 Å². The Bertz CT molecular complexity index is 857. The van der Waals surface area contributed by atoms with Crippen LogP contribution in [0.25, 0.3) is 0 Å². The number of nitrogens with zero attached hydrogens (tertiary/aromatic N) is 4. The number of carbonyl (C=O) groups is 1. The molecule has 0 unspecified atom stereocenters. The third-order valence-electron chi connectivity index (χ3n) is 4.80. The van der Waals surface area contributed by atoms with Crippen molar-refractivity contribution >= 4 is 64.1 Å². The molecular formula is C18H20Cl3N5OS. The van der Waals surface area contributed by atoms with Crippen molar-refractivity contribution in [2.24, 2.45) is 0 Å². The first-order valence-electron chi connectivity index (χ1n) is 9.30. The molecule has 1 saturated heterocycles. The van der Waals surface area contributed by atoms with E-state index in [1.54, 1.807) is 12.1 Å². The lowest BCUT2D eigenvalue weighted by Crippen LogP contribution is -2.32. The van der Waals surface area contributed by atoms with Crippen LogP contribution in [-0.2, 0) is 4.79 Å². The normalized spacial score (nSPS) is 17.0. The van der Waals surface area contributed by atoms with Crippen molar-refractivity contribution < 1.29 is 4.79 Å². The zero-order valence-electron chi connectivity index (χ0n) is 15.1. The molecule has 0 bridgehead atoms. The van der Waals surface area contributed by atoms with Gasteiger partial charge in [0.25, 0.3) is 0 Å². The lowest BCUT2D eigenvalue weighted by Gasteiger charge is -2.27. The van der Waals surface area contributed by atoms with Crippen LogP contribution in [0.2, 0.25) is 15.1 Å². The number of halogens is 3. The van der Waals surface area contributed by atoms with E-state index in [0.717, 1.165) is 37.0 Å². The molecule has 0 atom stereocenters. The van der Waals surface area contributed by atoms with E-state index in [2.05, 4.69) is 25.0 Å². The minimum Gasteiger partial charge on any atom is -0.341 e. The Hall–Kier alpha value is -1.15. The molecule has 1 aromatic carbocycles. The Morgan fingerprint density at radius 3 is 2.43 bits per heavy atom. The number of piperidine rings is 1. The monoisotopic (exact) mass is 459 g/mol. The van der Waals surface area contributed by atoms with Gasteiger partial charge in [-0.2, -0.15) is 0 Å². The second-order valence-electron chi connectivity index (χ2n) is 7.01. The number of benzene rings is 1.